The predicted octanol–water partition coefficient (Wildman–Crippen LogP) is 4.59. The monoisotopic (exact) mass is 430 g/mol. The van der Waals surface area contributed by atoms with E-state index < -0.39 is 0 Å². The molecule has 8 nitrogen and oxygen atoms in total. The number of nitrogens with zero attached hydrogens (tertiary/aromatic N) is 3. The van der Waals surface area contributed by atoms with E-state index in [1.807, 2.05) is 43.3 Å². The largest absolute Gasteiger partial charge is 0.493 e. The van der Waals surface area contributed by atoms with E-state index in [0.29, 0.717) is 35.2 Å². The number of benzene rings is 2. The molecule has 0 radical (unpaired) electrons. The van der Waals surface area contributed by atoms with Gasteiger partial charge in [0.1, 0.15) is 24.5 Å². The van der Waals surface area contributed by atoms with Gasteiger partial charge in [0.15, 0.2) is 11.5 Å². The summed E-state index contributed by atoms with van der Waals surface area (Å²) in [6.07, 6.45) is 4.95. The lowest BCUT2D eigenvalue weighted by Crippen LogP contribution is -2.04. The number of anilines is 2. The molecule has 2 heterocycles. The average Bonchev–Trinajstić information content (AvgIpc) is 2.80. The molecule has 0 atom stereocenters. The highest BCUT2D eigenvalue weighted by Gasteiger charge is 2.13. The molecule has 0 unspecified atom stereocenters. The first kappa shape index (κ1) is 21.0. The maximum Gasteiger partial charge on any atom is 0.308 e. The van der Waals surface area contributed by atoms with Crippen LogP contribution in [-0.2, 0) is 11.4 Å². The fourth-order valence-corrected chi connectivity index (χ4v) is 3.16. The van der Waals surface area contributed by atoms with Gasteiger partial charge in [0.05, 0.1) is 12.6 Å². The molecule has 162 valence electrons. The molecule has 2 aromatic heterocycles. The van der Waals surface area contributed by atoms with Crippen LogP contribution in [0.4, 0.5) is 11.5 Å². The molecule has 0 spiro atoms. The van der Waals surface area contributed by atoms with E-state index in [4.69, 9.17) is 14.2 Å². The molecule has 0 saturated heterocycles. The van der Waals surface area contributed by atoms with Crippen molar-refractivity contribution in [3.8, 4) is 17.2 Å². The maximum absolute atomic E-state index is 11.4. The van der Waals surface area contributed by atoms with Crippen molar-refractivity contribution in [2.75, 3.05) is 12.4 Å². The lowest BCUT2D eigenvalue weighted by atomic mass is 10.1. The number of carbonyl (C=O) groups is 1. The van der Waals surface area contributed by atoms with E-state index >= 15 is 0 Å². The Morgan fingerprint density at radius 1 is 1.06 bits per heavy atom. The topological polar surface area (TPSA) is 95.5 Å². The molecule has 0 amide bonds. The third-order valence-corrected chi connectivity index (χ3v) is 4.74. The van der Waals surface area contributed by atoms with Gasteiger partial charge in [-0.05, 0) is 30.7 Å². The van der Waals surface area contributed by atoms with Crippen LogP contribution >= 0.6 is 0 Å². The van der Waals surface area contributed by atoms with Crippen molar-refractivity contribution in [2.24, 2.45) is 0 Å². The van der Waals surface area contributed by atoms with Gasteiger partial charge in [-0.15, -0.1) is 0 Å². The number of esters is 1. The number of hydrogen-bond acceptors (Lipinski definition) is 8. The minimum absolute atomic E-state index is 0.355. The van der Waals surface area contributed by atoms with Gasteiger partial charge in [-0.1, -0.05) is 12.1 Å². The number of aromatic nitrogens is 3. The number of methoxy groups -OCH3 is 1. The number of hydrogen-bond donors (Lipinski definition) is 1. The van der Waals surface area contributed by atoms with Crippen LogP contribution in [0.25, 0.3) is 10.9 Å². The first-order valence-electron chi connectivity index (χ1n) is 9.94. The Labute approximate surface area is 185 Å². The average molecular weight is 430 g/mol. The molecule has 32 heavy (non-hydrogen) atoms. The summed E-state index contributed by atoms with van der Waals surface area (Å²) in [7, 11) is 1.58. The first-order valence-corrected chi connectivity index (χ1v) is 9.94. The Balaban J connectivity index is 1.64. The van der Waals surface area contributed by atoms with Gasteiger partial charge >= 0.3 is 5.97 Å². The zero-order valence-electron chi connectivity index (χ0n) is 18.0. The van der Waals surface area contributed by atoms with E-state index in [2.05, 4.69) is 20.3 Å². The molecular weight excluding hydrogens is 408 g/mol. The summed E-state index contributed by atoms with van der Waals surface area (Å²) in [4.78, 5) is 24.2. The highest BCUT2D eigenvalue weighted by atomic mass is 16.5. The van der Waals surface area contributed by atoms with Crippen molar-refractivity contribution in [3.63, 3.8) is 0 Å². The molecule has 2 aromatic carbocycles. The third-order valence-electron chi connectivity index (χ3n) is 4.74. The van der Waals surface area contributed by atoms with Gasteiger partial charge < -0.3 is 19.5 Å². The summed E-state index contributed by atoms with van der Waals surface area (Å²) in [6, 6.07) is 13.0. The number of ether oxygens (including phenoxy) is 3. The van der Waals surface area contributed by atoms with Crippen LogP contribution in [-0.4, -0.2) is 28.0 Å². The zero-order chi connectivity index (χ0) is 22.5. The second kappa shape index (κ2) is 9.30. The van der Waals surface area contributed by atoms with Gasteiger partial charge in [-0.3, -0.25) is 9.78 Å². The molecule has 0 aliphatic rings. The normalized spacial score (nSPS) is 10.6. The summed E-state index contributed by atoms with van der Waals surface area (Å²) >= 11 is 0. The predicted molar refractivity (Wildman–Crippen MR) is 120 cm³/mol. The Hall–Kier alpha value is -4.20. The lowest BCUT2D eigenvalue weighted by molar-refractivity contribution is -0.131. The molecule has 8 heteroatoms. The first-order chi connectivity index (χ1) is 15.5. The molecule has 0 bridgehead atoms. The zero-order valence-corrected chi connectivity index (χ0v) is 18.0. The van der Waals surface area contributed by atoms with Gasteiger partial charge in [-0.25, -0.2) is 9.97 Å². The Kier molecular flexibility index (Phi) is 6.12. The van der Waals surface area contributed by atoms with Gasteiger partial charge in [-0.2, -0.15) is 0 Å². The lowest BCUT2D eigenvalue weighted by Gasteiger charge is -2.14. The molecule has 0 fully saturated rings. The molecule has 1 N–H and O–H groups in total. The number of carbonyl (C=O) groups excluding carboxylic acids is 1. The summed E-state index contributed by atoms with van der Waals surface area (Å²) in [5, 5.41) is 4.03. The maximum atomic E-state index is 11.4. The van der Waals surface area contributed by atoms with Crippen LogP contribution in [0.3, 0.4) is 0 Å². The van der Waals surface area contributed by atoms with Crippen LogP contribution in [0.15, 0.2) is 61.2 Å². The van der Waals surface area contributed by atoms with Gasteiger partial charge in [0.2, 0.25) is 0 Å². The quantitative estimate of drug-likeness (QED) is 0.336. The van der Waals surface area contributed by atoms with Crippen LogP contribution in [0.1, 0.15) is 18.1 Å². The third kappa shape index (κ3) is 4.75. The van der Waals surface area contributed by atoms with Crippen molar-refractivity contribution in [1.29, 1.82) is 0 Å². The molecular formula is C24H22N4O4. The number of nitrogens with one attached hydrogen (secondary N) is 1. The van der Waals surface area contributed by atoms with Crippen LogP contribution in [0.2, 0.25) is 0 Å². The highest BCUT2D eigenvalue weighted by molar-refractivity contribution is 5.93. The fraction of sp³-hybridized carbons (Fsp3) is 0.167. The smallest absolute Gasteiger partial charge is 0.308 e. The Morgan fingerprint density at radius 3 is 2.69 bits per heavy atom. The van der Waals surface area contributed by atoms with E-state index in [1.165, 1.54) is 13.3 Å². The van der Waals surface area contributed by atoms with E-state index in [0.717, 1.165) is 22.2 Å². The number of fused-ring (bicyclic) bond motifs is 1. The minimum atomic E-state index is -0.374. The summed E-state index contributed by atoms with van der Waals surface area (Å²) in [5.74, 6) is 1.83. The van der Waals surface area contributed by atoms with E-state index in [9.17, 15) is 4.79 Å². The van der Waals surface area contributed by atoms with Gasteiger partial charge in [0, 0.05) is 48.1 Å². The Bertz CT molecular complexity index is 1260. The molecule has 4 rings (SSSR count). The van der Waals surface area contributed by atoms with Gasteiger partial charge in [0.25, 0.3) is 0 Å². The molecule has 4 aromatic rings. The number of aryl methyl sites for hydroxylation is 1. The number of pyridine rings is 1. The van der Waals surface area contributed by atoms with E-state index in [-0.39, 0.29) is 5.97 Å². The highest BCUT2D eigenvalue weighted by Crippen LogP contribution is 2.35. The van der Waals surface area contributed by atoms with Crippen molar-refractivity contribution < 1.29 is 19.0 Å². The summed E-state index contributed by atoms with van der Waals surface area (Å²) in [5.41, 5.74) is 3.22. The van der Waals surface area contributed by atoms with Crippen LogP contribution in [0.5, 0.6) is 17.2 Å². The van der Waals surface area contributed by atoms with Crippen molar-refractivity contribution in [1.82, 2.24) is 15.0 Å². The second-order valence-corrected chi connectivity index (χ2v) is 7.09. The molecule has 0 aliphatic carbocycles. The molecule has 0 saturated carbocycles. The summed E-state index contributed by atoms with van der Waals surface area (Å²) in [6.45, 7) is 3.60. The van der Waals surface area contributed by atoms with Crippen molar-refractivity contribution in [3.05, 3.63) is 72.3 Å². The number of rotatable bonds is 7. The van der Waals surface area contributed by atoms with Crippen molar-refractivity contribution in [2.45, 2.75) is 20.5 Å². The minimum Gasteiger partial charge on any atom is -0.493 e. The summed E-state index contributed by atoms with van der Waals surface area (Å²) < 4.78 is 16.8. The van der Waals surface area contributed by atoms with Crippen LogP contribution < -0.4 is 19.5 Å². The van der Waals surface area contributed by atoms with Crippen LogP contribution in [0, 0.1) is 6.92 Å². The van der Waals surface area contributed by atoms with Crippen molar-refractivity contribution >= 4 is 28.4 Å². The van der Waals surface area contributed by atoms with E-state index in [1.54, 1.807) is 25.6 Å². The fourth-order valence-electron chi connectivity index (χ4n) is 3.16. The SMILES string of the molecule is COc1cc2c(Nc3ccc(C)c(OC(C)=O)c3)ncnc2cc1OCc1cccnc1. The standard InChI is InChI=1S/C24H22N4O4/c1-15-6-7-18(9-21(15)32-16(2)29)28-24-19-10-22(30-3)23(11-20(19)26-14-27-24)31-13-17-5-4-8-25-12-17/h4-12,14H,13H2,1-3H3,(H,26,27,28). The second-order valence-electron chi connectivity index (χ2n) is 7.09. The Morgan fingerprint density at radius 2 is 1.94 bits per heavy atom. The molecule has 0 aliphatic heterocycles.